The lowest BCUT2D eigenvalue weighted by molar-refractivity contribution is -0.120. The summed E-state index contributed by atoms with van der Waals surface area (Å²) >= 11 is 0. The molecule has 2 rings (SSSR count). The van der Waals surface area contributed by atoms with Gasteiger partial charge in [-0.1, -0.05) is 0 Å². The van der Waals surface area contributed by atoms with Crippen LogP contribution < -0.4 is 5.32 Å². The highest BCUT2D eigenvalue weighted by Crippen LogP contribution is 2.13. The number of piperidine rings is 1. The van der Waals surface area contributed by atoms with Gasteiger partial charge in [0.15, 0.2) is 0 Å². The Labute approximate surface area is 106 Å². The molecule has 1 aliphatic rings. The average molecular weight is 247 g/mol. The summed E-state index contributed by atoms with van der Waals surface area (Å²) in [6.07, 6.45) is 5.08. The smallest absolute Gasteiger partial charge is 0.254 e. The molecule has 1 N–H and O–H groups in total. The Bertz CT molecular complexity index is 433. The van der Waals surface area contributed by atoms with Crippen LogP contribution in [0.15, 0.2) is 24.5 Å². The fraction of sp³-hybridized carbons (Fsp3) is 0.462. The van der Waals surface area contributed by atoms with Gasteiger partial charge in [-0.15, -0.1) is 0 Å². The zero-order valence-corrected chi connectivity index (χ0v) is 10.4. The van der Waals surface area contributed by atoms with Crippen molar-refractivity contribution in [1.82, 2.24) is 15.2 Å². The largest absolute Gasteiger partial charge is 0.352 e. The second-order valence-corrected chi connectivity index (χ2v) is 4.53. The third kappa shape index (κ3) is 3.06. The van der Waals surface area contributed by atoms with Crippen molar-refractivity contribution in [3.63, 3.8) is 0 Å². The maximum Gasteiger partial charge on any atom is 0.254 e. The first-order valence-electron chi connectivity index (χ1n) is 6.13. The molecule has 5 heteroatoms. The van der Waals surface area contributed by atoms with Gasteiger partial charge in [-0.05, 0) is 25.0 Å². The van der Waals surface area contributed by atoms with Crippen LogP contribution in [0, 0.1) is 0 Å². The molecule has 0 aliphatic carbocycles. The minimum atomic E-state index is -0.0433. The number of rotatable bonds is 2. The number of pyridine rings is 1. The molecule has 18 heavy (non-hydrogen) atoms. The van der Waals surface area contributed by atoms with Crippen molar-refractivity contribution >= 4 is 11.8 Å². The standard InChI is InChI=1S/C13H17N3O2/c1-10(17)15-12-3-2-8-16(9-12)13(18)11-4-6-14-7-5-11/h4-7,12H,2-3,8-9H2,1H3,(H,15,17). The molecule has 1 fully saturated rings. The van der Waals surface area contributed by atoms with E-state index in [0.717, 1.165) is 19.4 Å². The molecule has 2 heterocycles. The topological polar surface area (TPSA) is 62.3 Å². The van der Waals surface area contributed by atoms with E-state index in [1.54, 1.807) is 29.4 Å². The fourth-order valence-corrected chi connectivity index (χ4v) is 2.24. The van der Waals surface area contributed by atoms with E-state index in [0.29, 0.717) is 12.1 Å². The third-order valence-electron chi connectivity index (χ3n) is 3.04. The number of nitrogens with zero attached hydrogens (tertiary/aromatic N) is 2. The molecule has 1 atom stereocenters. The maximum atomic E-state index is 12.2. The summed E-state index contributed by atoms with van der Waals surface area (Å²) in [4.78, 5) is 28.9. The van der Waals surface area contributed by atoms with Crippen LogP contribution in [0.1, 0.15) is 30.1 Å². The maximum absolute atomic E-state index is 12.2. The summed E-state index contributed by atoms with van der Waals surface area (Å²) in [7, 11) is 0. The highest BCUT2D eigenvalue weighted by molar-refractivity contribution is 5.94. The van der Waals surface area contributed by atoms with E-state index in [4.69, 9.17) is 0 Å². The van der Waals surface area contributed by atoms with Crippen molar-refractivity contribution in [2.45, 2.75) is 25.8 Å². The Balaban J connectivity index is 2.00. The van der Waals surface area contributed by atoms with Gasteiger partial charge >= 0.3 is 0 Å². The lowest BCUT2D eigenvalue weighted by Gasteiger charge is -2.33. The van der Waals surface area contributed by atoms with Gasteiger partial charge in [-0.3, -0.25) is 14.6 Å². The predicted octanol–water partition coefficient (Wildman–Crippen LogP) is 0.822. The van der Waals surface area contributed by atoms with Crippen LogP contribution in [0.2, 0.25) is 0 Å². The van der Waals surface area contributed by atoms with Crippen molar-refractivity contribution in [2.75, 3.05) is 13.1 Å². The molecule has 0 aromatic carbocycles. The summed E-state index contributed by atoms with van der Waals surface area (Å²) in [6.45, 7) is 2.83. The van der Waals surface area contributed by atoms with Gasteiger partial charge in [0.25, 0.3) is 5.91 Å². The summed E-state index contributed by atoms with van der Waals surface area (Å²) in [5.41, 5.74) is 0.647. The third-order valence-corrected chi connectivity index (χ3v) is 3.04. The Morgan fingerprint density at radius 2 is 2.11 bits per heavy atom. The lowest BCUT2D eigenvalue weighted by Crippen LogP contribution is -2.49. The van der Waals surface area contributed by atoms with Crippen molar-refractivity contribution in [3.05, 3.63) is 30.1 Å². The second kappa shape index (κ2) is 5.62. The molecule has 0 bridgehead atoms. The summed E-state index contributed by atoms with van der Waals surface area (Å²) < 4.78 is 0. The SMILES string of the molecule is CC(=O)NC1CCCN(C(=O)c2ccncc2)C1. The van der Waals surface area contributed by atoms with Crippen LogP contribution in [0.4, 0.5) is 0 Å². The van der Waals surface area contributed by atoms with Gasteiger partial charge in [0, 0.05) is 44.0 Å². The number of carbonyl (C=O) groups excluding carboxylic acids is 2. The second-order valence-electron chi connectivity index (χ2n) is 4.53. The van der Waals surface area contributed by atoms with E-state index >= 15 is 0 Å². The summed E-state index contributed by atoms with van der Waals surface area (Å²) in [5, 5.41) is 2.87. The molecule has 1 aliphatic heterocycles. The molecule has 5 nitrogen and oxygen atoms in total. The Morgan fingerprint density at radius 3 is 2.78 bits per heavy atom. The number of amides is 2. The minimum Gasteiger partial charge on any atom is -0.352 e. The molecule has 0 radical (unpaired) electrons. The van der Waals surface area contributed by atoms with E-state index in [2.05, 4.69) is 10.3 Å². The van der Waals surface area contributed by atoms with Gasteiger partial charge in [-0.2, -0.15) is 0 Å². The zero-order valence-electron chi connectivity index (χ0n) is 10.4. The van der Waals surface area contributed by atoms with Crippen LogP contribution in [-0.4, -0.2) is 40.8 Å². The van der Waals surface area contributed by atoms with Crippen LogP contribution in [-0.2, 0) is 4.79 Å². The molecule has 1 unspecified atom stereocenters. The van der Waals surface area contributed by atoms with Gasteiger partial charge in [-0.25, -0.2) is 0 Å². The van der Waals surface area contributed by atoms with E-state index < -0.39 is 0 Å². The zero-order chi connectivity index (χ0) is 13.0. The van der Waals surface area contributed by atoms with Gasteiger partial charge < -0.3 is 10.2 Å². The van der Waals surface area contributed by atoms with E-state index in [9.17, 15) is 9.59 Å². The van der Waals surface area contributed by atoms with E-state index in [-0.39, 0.29) is 17.9 Å². The molecule has 1 aromatic rings. The van der Waals surface area contributed by atoms with Gasteiger partial charge in [0.05, 0.1) is 0 Å². The Kier molecular flexibility index (Phi) is 3.92. The lowest BCUT2D eigenvalue weighted by atomic mass is 10.0. The molecule has 2 amide bonds. The molecule has 0 spiro atoms. The van der Waals surface area contributed by atoms with Crippen LogP contribution >= 0.6 is 0 Å². The molecular weight excluding hydrogens is 230 g/mol. The summed E-state index contributed by atoms with van der Waals surface area (Å²) in [6, 6.07) is 3.50. The molecule has 1 aromatic heterocycles. The Morgan fingerprint density at radius 1 is 1.39 bits per heavy atom. The molecular formula is C13H17N3O2. The first kappa shape index (κ1) is 12.5. The van der Waals surface area contributed by atoms with Crippen molar-refractivity contribution < 1.29 is 9.59 Å². The Hall–Kier alpha value is -1.91. The van der Waals surface area contributed by atoms with Crippen molar-refractivity contribution in [3.8, 4) is 0 Å². The number of hydrogen-bond acceptors (Lipinski definition) is 3. The van der Waals surface area contributed by atoms with Gasteiger partial charge in [0.2, 0.25) is 5.91 Å². The number of nitrogens with one attached hydrogen (secondary N) is 1. The van der Waals surface area contributed by atoms with Crippen molar-refractivity contribution in [2.24, 2.45) is 0 Å². The highest BCUT2D eigenvalue weighted by atomic mass is 16.2. The van der Waals surface area contributed by atoms with Crippen molar-refractivity contribution in [1.29, 1.82) is 0 Å². The van der Waals surface area contributed by atoms with Crippen LogP contribution in [0.5, 0.6) is 0 Å². The number of likely N-dealkylation sites (tertiary alicyclic amines) is 1. The first-order valence-corrected chi connectivity index (χ1v) is 6.13. The number of hydrogen-bond donors (Lipinski definition) is 1. The van der Waals surface area contributed by atoms with E-state index in [1.165, 1.54) is 6.92 Å². The van der Waals surface area contributed by atoms with Crippen LogP contribution in [0.25, 0.3) is 0 Å². The first-order chi connectivity index (χ1) is 8.66. The fourth-order valence-electron chi connectivity index (χ4n) is 2.24. The number of aromatic nitrogens is 1. The van der Waals surface area contributed by atoms with Gasteiger partial charge in [0.1, 0.15) is 0 Å². The quantitative estimate of drug-likeness (QED) is 0.841. The number of carbonyl (C=O) groups is 2. The summed E-state index contributed by atoms with van der Waals surface area (Å²) in [5.74, 6) is -0.0364. The predicted molar refractivity (Wildman–Crippen MR) is 67.0 cm³/mol. The minimum absolute atomic E-state index is 0.00690. The molecule has 96 valence electrons. The monoisotopic (exact) mass is 247 g/mol. The average Bonchev–Trinajstić information content (AvgIpc) is 2.38. The van der Waals surface area contributed by atoms with Crippen LogP contribution in [0.3, 0.4) is 0 Å². The molecule has 0 saturated carbocycles. The molecule has 1 saturated heterocycles. The van der Waals surface area contributed by atoms with E-state index in [1.807, 2.05) is 0 Å². The highest BCUT2D eigenvalue weighted by Gasteiger charge is 2.24. The normalized spacial score (nSPS) is 19.4.